The number of nitrogens with one attached hydrogen (secondary N) is 1. The fraction of sp³-hybridized carbons (Fsp3) is 0.368. The maximum absolute atomic E-state index is 14.9. The van der Waals surface area contributed by atoms with Gasteiger partial charge in [0.15, 0.2) is 22.9 Å². The maximum atomic E-state index is 14.9. The van der Waals surface area contributed by atoms with Crippen LogP contribution in [0.15, 0.2) is 29.5 Å². The number of nitrogens with two attached hydrogens (primary N) is 1. The second kappa shape index (κ2) is 8.48. The van der Waals surface area contributed by atoms with Crippen LogP contribution in [0.4, 0.5) is 32.0 Å². The molecule has 0 saturated carbocycles. The summed E-state index contributed by atoms with van der Waals surface area (Å²) in [5.41, 5.74) is 2.73. The second-order valence-electron chi connectivity index (χ2n) is 7.37. The number of ether oxygens (including phenoxy) is 1. The summed E-state index contributed by atoms with van der Waals surface area (Å²) >= 11 is 0.853. The highest BCUT2D eigenvalue weighted by molar-refractivity contribution is 8.13. The first-order valence-corrected chi connectivity index (χ1v) is 10.4. The molecular formula is C19H15F6N5O2S. The lowest BCUT2D eigenvalue weighted by Crippen LogP contribution is -2.46. The number of alkyl halides is 4. The van der Waals surface area contributed by atoms with Gasteiger partial charge < -0.3 is 15.8 Å². The Balaban J connectivity index is 1.73. The van der Waals surface area contributed by atoms with E-state index >= 15 is 0 Å². The molecule has 0 aliphatic carbocycles. The number of amidine groups is 1. The number of benzene rings is 1. The van der Waals surface area contributed by atoms with Crippen molar-refractivity contribution in [3.8, 4) is 0 Å². The number of amides is 1. The first-order valence-electron chi connectivity index (χ1n) is 9.39. The summed E-state index contributed by atoms with van der Waals surface area (Å²) in [6, 6.07) is 1.65. The molecule has 2 aromatic rings. The van der Waals surface area contributed by atoms with Crippen molar-refractivity contribution < 1.29 is 35.9 Å². The molecule has 0 unspecified atom stereocenters. The van der Waals surface area contributed by atoms with Crippen LogP contribution in [0.25, 0.3) is 0 Å². The molecule has 1 saturated heterocycles. The molecule has 1 fully saturated rings. The zero-order valence-corrected chi connectivity index (χ0v) is 17.3. The van der Waals surface area contributed by atoms with Gasteiger partial charge in [0.2, 0.25) is 0 Å². The Labute approximate surface area is 186 Å². The fourth-order valence-corrected chi connectivity index (χ4v) is 4.84. The smallest absolute Gasteiger partial charge is 0.379 e. The Hall–Kier alpha value is -2.87. The first-order chi connectivity index (χ1) is 15.5. The minimum absolute atomic E-state index is 0.0159. The van der Waals surface area contributed by atoms with Crippen molar-refractivity contribution in [2.45, 2.75) is 24.5 Å². The fourth-order valence-electron chi connectivity index (χ4n) is 3.81. The molecular weight excluding hydrogens is 476 g/mol. The number of aromatic nitrogens is 2. The molecule has 3 N–H and O–H groups in total. The van der Waals surface area contributed by atoms with Gasteiger partial charge in [0.1, 0.15) is 17.9 Å². The summed E-state index contributed by atoms with van der Waals surface area (Å²) < 4.78 is 87.4. The molecule has 1 aromatic heterocycles. The van der Waals surface area contributed by atoms with Crippen molar-refractivity contribution in [2.24, 2.45) is 16.6 Å². The molecule has 176 valence electrons. The molecule has 1 aromatic carbocycles. The lowest BCUT2D eigenvalue weighted by molar-refractivity contribution is -0.215. The van der Waals surface area contributed by atoms with Crippen molar-refractivity contribution in [3.05, 3.63) is 53.1 Å². The van der Waals surface area contributed by atoms with Gasteiger partial charge in [-0.1, -0.05) is 11.8 Å². The Kier molecular flexibility index (Phi) is 5.99. The molecule has 0 spiro atoms. The molecule has 14 heteroatoms. The van der Waals surface area contributed by atoms with Crippen molar-refractivity contribution in [1.82, 2.24) is 9.97 Å². The summed E-state index contributed by atoms with van der Waals surface area (Å²) in [4.78, 5) is 23.9. The Bertz CT molecular complexity index is 1110. The van der Waals surface area contributed by atoms with E-state index in [1.165, 1.54) is 0 Å². The number of hydrogen-bond acceptors (Lipinski definition) is 7. The molecule has 2 aliphatic heterocycles. The molecule has 3 heterocycles. The minimum atomic E-state index is -4.76. The molecule has 0 radical (unpaired) electrons. The normalized spacial score (nSPS) is 24.8. The Morgan fingerprint density at radius 1 is 1.27 bits per heavy atom. The van der Waals surface area contributed by atoms with Crippen LogP contribution in [0.3, 0.4) is 0 Å². The minimum Gasteiger partial charge on any atom is -0.379 e. The standard InChI is InChI=1S/C19H15F6N5O2S/c20-3-9-4-28-13(5-27-9)16(31)29-8-1-10(14(22)12(21)2-8)18-7-32-15(19(23,24)25)11(18)6-33-17(26)30-18/h1-2,4-5,11,15H,3,6-7H2,(H2,26,30)(H,29,31)/t11-,15+,18-/m1/s1. The van der Waals surface area contributed by atoms with Gasteiger partial charge in [-0.2, -0.15) is 13.2 Å². The third-order valence-electron chi connectivity index (χ3n) is 5.33. The lowest BCUT2D eigenvalue weighted by Gasteiger charge is -2.36. The third kappa shape index (κ3) is 4.24. The predicted octanol–water partition coefficient (Wildman–Crippen LogP) is 3.31. The van der Waals surface area contributed by atoms with E-state index < -0.39 is 60.1 Å². The van der Waals surface area contributed by atoms with Crippen LogP contribution in [0.2, 0.25) is 0 Å². The summed E-state index contributed by atoms with van der Waals surface area (Å²) in [7, 11) is 0. The van der Waals surface area contributed by atoms with E-state index in [9.17, 15) is 31.1 Å². The van der Waals surface area contributed by atoms with Crippen LogP contribution < -0.4 is 11.1 Å². The van der Waals surface area contributed by atoms with E-state index in [1.54, 1.807) is 0 Å². The Morgan fingerprint density at radius 2 is 2.03 bits per heavy atom. The average Bonchev–Trinajstić information content (AvgIpc) is 3.16. The van der Waals surface area contributed by atoms with Gasteiger partial charge in [-0.25, -0.2) is 23.1 Å². The number of thioether (sulfide) groups is 1. The quantitative estimate of drug-likeness (QED) is 0.637. The zero-order chi connectivity index (χ0) is 24.0. The van der Waals surface area contributed by atoms with Gasteiger partial charge in [-0.3, -0.25) is 9.78 Å². The number of fused-ring (bicyclic) bond motifs is 1. The summed E-state index contributed by atoms with van der Waals surface area (Å²) in [5.74, 6) is -5.30. The summed E-state index contributed by atoms with van der Waals surface area (Å²) in [5, 5.41) is 2.18. The second-order valence-corrected chi connectivity index (χ2v) is 8.41. The van der Waals surface area contributed by atoms with Gasteiger partial charge in [-0.15, -0.1) is 0 Å². The van der Waals surface area contributed by atoms with Gasteiger partial charge in [0.05, 0.1) is 24.7 Å². The number of rotatable bonds is 4. The van der Waals surface area contributed by atoms with Crippen LogP contribution in [-0.4, -0.2) is 45.7 Å². The van der Waals surface area contributed by atoms with Crippen LogP contribution in [-0.2, 0) is 17.0 Å². The van der Waals surface area contributed by atoms with Crippen LogP contribution in [0, 0.1) is 17.6 Å². The van der Waals surface area contributed by atoms with Crippen LogP contribution >= 0.6 is 11.8 Å². The van der Waals surface area contributed by atoms with E-state index in [0.717, 1.165) is 30.2 Å². The molecule has 7 nitrogen and oxygen atoms in total. The van der Waals surface area contributed by atoms with E-state index in [-0.39, 0.29) is 28.0 Å². The Morgan fingerprint density at radius 3 is 2.67 bits per heavy atom. The molecule has 0 bridgehead atoms. The summed E-state index contributed by atoms with van der Waals surface area (Å²) in [6.07, 6.45) is -5.01. The largest absolute Gasteiger partial charge is 0.415 e. The molecule has 33 heavy (non-hydrogen) atoms. The van der Waals surface area contributed by atoms with Crippen molar-refractivity contribution >= 4 is 28.5 Å². The summed E-state index contributed by atoms with van der Waals surface area (Å²) in [6.45, 7) is -1.58. The number of nitrogens with zero attached hydrogens (tertiary/aromatic N) is 3. The zero-order valence-electron chi connectivity index (χ0n) is 16.5. The number of anilines is 1. The predicted molar refractivity (Wildman–Crippen MR) is 106 cm³/mol. The highest BCUT2D eigenvalue weighted by atomic mass is 32.2. The van der Waals surface area contributed by atoms with Crippen LogP contribution in [0.1, 0.15) is 21.7 Å². The third-order valence-corrected chi connectivity index (χ3v) is 6.25. The number of hydrogen-bond donors (Lipinski definition) is 2. The van der Waals surface area contributed by atoms with E-state index in [4.69, 9.17) is 10.5 Å². The molecule has 2 aliphatic rings. The van der Waals surface area contributed by atoms with E-state index in [0.29, 0.717) is 6.07 Å². The van der Waals surface area contributed by atoms with Crippen molar-refractivity contribution in [2.75, 3.05) is 17.7 Å². The maximum Gasteiger partial charge on any atom is 0.415 e. The first kappa shape index (κ1) is 23.3. The highest BCUT2D eigenvalue weighted by Gasteiger charge is 2.62. The van der Waals surface area contributed by atoms with E-state index in [1.807, 2.05) is 0 Å². The topological polar surface area (TPSA) is 102 Å². The van der Waals surface area contributed by atoms with Gasteiger partial charge in [0.25, 0.3) is 5.91 Å². The van der Waals surface area contributed by atoms with Crippen molar-refractivity contribution in [1.29, 1.82) is 0 Å². The molecule has 3 atom stereocenters. The number of aliphatic imine (C=N–C) groups is 1. The average molecular weight is 491 g/mol. The van der Waals surface area contributed by atoms with Crippen molar-refractivity contribution in [3.63, 3.8) is 0 Å². The van der Waals surface area contributed by atoms with E-state index in [2.05, 4.69) is 20.3 Å². The van der Waals surface area contributed by atoms with Gasteiger partial charge in [-0.05, 0) is 6.07 Å². The molecule has 4 rings (SSSR count). The monoisotopic (exact) mass is 491 g/mol. The lowest BCUT2D eigenvalue weighted by atomic mass is 9.78. The van der Waals surface area contributed by atoms with Crippen LogP contribution in [0.5, 0.6) is 0 Å². The van der Waals surface area contributed by atoms with Gasteiger partial charge in [0, 0.05) is 29.0 Å². The van der Waals surface area contributed by atoms with Gasteiger partial charge >= 0.3 is 6.18 Å². The highest BCUT2D eigenvalue weighted by Crippen LogP contribution is 2.52. The number of halogens is 6. The number of carbonyl (C=O) groups excluding carboxylic acids is 1. The SMILES string of the molecule is NC1=N[C@@]2(c3cc(NC(=O)c4cnc(CF)cn4)cc(F)c3F)CO[C@H](C(F)(F)F)[C@H]2CS1. The molecule has 1 amide bonds. The number of carbonyl (C=O) groups is 1.